The summed E-state index contributed by atoms with van der Waals surface area (Å²) in [6.07, 6.45) is 0. The van der Waals surface area contributed by atoms with Crippen molar-refractivity contribution >= 4 is 5.82 Å². The third kappa shape index (κ3) is 2.98. The van der Waals surface area contributed by atoms with E-state index >= 15 is 0 Å². The number of hydrogen-bond acceptors (Lipinski definition) is 4. The summed E-state index contributed by atoms with van der Waals surface area (Å²) in [5, 5.41) is 7.82. The second-order valence-corrected chi connectivity index (χ2v) is 5.53. The predicted molar refractivity (Wildman–Crippen MR) is 80.9 cm³/mol. The smallest absolute Gasteiger partial charge is 0.133 e. The van der Waals surface area contributed by atoms with Crippen LogP contribution >= 0.6 is 0 Å². The van der Waals surface area contributed by atoms with Crippen LogP contribution in [0.15, 0.2) is 6.07 Å². The topological polar surface area (TPSA) is 55.6 Å². The van der Waals surface area contributed by atoms with E-state index in [1.54, 1.807) is 0 Å². The van der Waals surface area contributed by atoms with E-state index < -0.39 is 0 Å². The second kappa shape index (κ2) is 5.61. The molecule has 0 atom stereocenters. The minimum absolute atomic E-state index is 0.331. The first-order valence-electron chi connectivity index (χ1n) is 6.97. The Balaban J connectivity index is 2.18. The van der Waals surface area contributed by atoms with E-state index in [4.69, 9.17) is 0 Å². The molecule has 2 rings (SSSR count). The van der Waals surface area contributed by atoms with Crippen molar-refractivity contribution in [2.24, 2.45) is 7.05 Å². The predicted octanol–water partition coefficient (Wildman–Crippen LogP) is 2.87. The number of nitrogens with one attached hydrogen (secondary N) is 1. The van der Waals surface area contributed by atoms with Gasteiger partial charge in [0.25, 0.3) is 0 Å². The molecule has 5 nitrogen and oxygen atoms in total. The Bertz CT molecular complexity index is 613. The van der Waals surface area contributed by atoms with Crippen LogP contribution in [0.2, 0.25) is 0 Å². The van der Waals surface area contributed by atoms with Gasteiger partial charge in [-0.3, -0.25) is 4.68 Å². The van der Waals surface area contributed by atoms with Crippen LogP contribution in [-0.4, -0.2) is 19.7 Å². The molecule has 5 heteroatoms. The van der Waals surface area contributed by atoms with Crippen molar-refractivity contribution in [3.8, 4) is 0 Å². The summed E-state index contributed by atoms with van der Waals surface area (Å²) in [5.74, 6) is 2.09. The normalized spacial score (nSPS) is 11.2. The fraction of sp³-hybridized carbons (Fsp3) is 0.533. The Morgan fingerprint density at radius 3 is 2.45 bits per heavy atom. The number of rotatable bonds is 4. The summed E-state index contributed by atoms with van der Waals surface area (Å²) in [6.45, 7) is 11.1. The largest absolute Gasteiger partial charge is 0.366 e. The van der Waals surface area contributed by atoms with Gasteiger partial charge in [-0.25, -0.2) is 9.97 Å². The van der Waals surface area contributed by atoms with E-state index in [1.165, 1.54) is 11.3 Å². The van der Waals surface area contributed by atoms with Crippen LogP contribution in [0.1, 0.15) is 48.2 Å². The molecule has 0 aliphatic rings. The van der Waals surface area contributed by atoms with Gasteiger partial charge in [-0.2, -0.15) is 5.10 Å². The van der Waals surface area contributed by atoms with E-state index in [9.17, 15) is 0 Å². The summed E-state index contributed by atoms with van der Waals surface area (Å²) in [5.41, 5.74) is 4.47. The van der Waals surface area contributed by atoms with Crippen molar-refractivity contribution in [2.75, 3.05) is 5.32 Å². The zero-order valence-electron chi connectivity index (χ0n) is 13.2. The Hall–Kier alpha value is -1.91. The van der Waals surface area contributed by atoms with E-state index in [2.05, 4.69) is 41.2 Å². The lowest BCUT2D eigenvalue weighted by Crippen LogP contribution is -2.07. The minimum atomic E-state index is 0.331. The fourth-order valence-electron chi connectivity index (χ4n) is 2.19. The molecule has 2 aromatic heterocycles. The third-order valence-electron chi connectivity index (χ3n) is 3.49. The van der Waals surface area contributed by atoms with Gasteiger partial charge in [-0.05, 0) is 20.8 Å². The van der Waals surface area contributed by atoms with Gasteiger partial charge in [-0.15, -0.1) is 0 Å². The highest BCUT2D eigenvalue weighted by Gasteiger charge is 2.10. The minimum Gasteiger partial charge on any atom is -0.366 e. The molecule has 0 radical (unpaired) electrons. The number of aromatic nitrogens is 4. The van der Waals surface area contributed by atoms with Crippen molar-refractivity contribution < 1.29 is 0 Å². The maximum atomic E-state index is 4.56. The molecule has 0 bridgehead atoms. The summed E-state index contributed by atoms with van der Waals surface area (Å²) < 4.78 is 1.91. The van der Waals surface area contributed by atoms with Crippen LogP contribution in [0.4, 0.5) is 5.82 Å². The molecule has 0 unspecified atom stereocenters. The molecule has 0 aliphatic heterocycles. The Labute approximate surface area is 120 Å². The van der Waals surface area contributed by atoms with Gasteiger partial charge in [0, 0.05) is 42.5 Å². The van der Waals surface area contributed by atoms with Crippen LogP contribution in [0.3, 0.4) is 0 Å². The van der Waals surface area contributed by atoms with Crippen molar-refractivity contribution in [1.29, 1.82) is 0 Å². The van der Waals surface area contributed by atoms with Crippen molar-refractivity contribution in [3.05, 3.63) is 34.5 Å². The molecule has 0 fully saturated rings. The Kier molecular flexibility index (Phi) is 4.06. The molecule has 2 heterocycles. The van der Waals surface area contributed by atoms with Crippen LogP contribution < -0.4 is 5.32 Å². The zero-order chi connectivity index (χ0) is 14.9. The van der Waals surface area contributed by atoms with Gasteiger partial charge in [0.1, 0.15) is 11.6 Å². The lowest BCUT2D eigenvalue weighted by Gasteiger charge is -2.10. The molecule has 1 N–H and O–H groups in total. The highest BCUT2D eigenvalue weighted by molar-refractivity contribution is 5.38. The maximum Gasteiger partial charge on any atom is 0.133 e. The maximum absolute atomic E-state index is 4.56. The fourth-order valence-corrected chi connectivity index (χ4v) is 2.19. The van der Waals surface area contributed by atoms with Crippen molar-refractivity contribution in [1.82, 2.24) is 19.7 Å². The van der Waals surface area contributed by atoms with Crippen LogP contribution in [0, 0.1) is 20.8 Å². The summed E-state index contributed by atoms with van der Waals surface area (Å²) in [4.78, 5) is 9.02. The summed E-state index contributed by atoms with van der Waals surface area (Å²) >= 11 is 0. The third-order valence-corrected chi connectivity index (χ3v) is 3.49. The van der Waals surface area contributed by atoms with Crippen LogP contribution in [-0.2, 0) is 13.6 Å². The van der Waals surface area contributed by atoms with Crippen molar-refractivity contribution in [3.63, 3.8) is 0 Å². The molecule has 0 saturated carbocycles. The zero-order valence-corrected chi connectivity index (χ0v) is 13.2. The first kappa shape index (κ1) is 14.5. The highest BCUT2D eigenvalue weighted by Crippen LogP contribution is 2.16. The lowest BCUT2D eigenvalue weighted by molar-refractivity contribution is 0.730. The summed E-state index contributed by atoms with van der Waals surface area (Å²) in [6, 6.07) is 1.98. The molecule has 20 heavy (non-hydrogen) atoms. The first-order valence-corrected chi connectivity index (χ1v) is 6.97. The average Bonchev–Trinajstić information content (AvgIpc) is 2.60. The number of hydrogen-bond donors (Lipinski definition) is 1. The van der Waals surface area contributed by atoms with E-state index in [0.29, 0.717) is 5.92 Å². The molecule has 2 aromatic rings. The van der Waals surface area contributed by atoms with Crippen LogP contribution in [0.5, 0.6) is 0 Å². The SMILES string of the molecule is Cc1cc(NCc2c(C)nn(C)c2C)nc(C(C)C)n1. The van der Waals surface area contributed by atoms with Crippen LogP contribution in [0.25, 0.3) is 0 Å². The molecule has 0 saturated heterocycles. The van der Waals surface area contributed by atoms with Gasteiger partial charge >= 0.3 is 0 Å². The molecular weight excluding hydrogens is 250 g/mol. The highest BCUT2D eigenvalue weighted by atomic mass is 15.3. The van der Waals surface area contributed by atoms with Gasteiger partial charge in [0.05, 0.1) is 5.69 Å². The van der Waals surface area contributed by atoms with Crippen molar-refractivity contribution in [2.45, 2.75) is 47.1 Å². The lowest BCUT2D eigenvalue weighted by atomic mass is 10.2. The Morgan fingerprint density at radius 1 is 1.20 bits per heavy atom. The second-order valence-electron chi connectivity index (χ2n) is 5.53. The molecule has 0 spiro atoms. The number of nitrogens with zero attached hydrogens (tertiary/aromatic N) is 4. The molecule has 108 valence electrons. The quantitative estimate of drug-likeness (QED) is 0.930. The molecule has 0 aliphatic carbocycles. The monoisotopic (exact) mass is 273 g/mol. The van der Waals surface area contributed by atoms with E-state index in [1.807, 2.05) is 31.6 Å². The standard InChI is InChI=1S/C15H23N5/c1-9(2)15-17-10(3)7-14(18-15)16-8-13-11(4)19-20(6)12(13)5/h7,9H,8H2,1-6H3,(H,16,17,18). The van der Waals surface area contributed by atoms with Gasteiger partial charge < -0.3 is 5.32 Å². The molecule has 0 amide bonds. The molecular formula is C15H23N5. The van der Waals surface area contributed by atoms with Gasteiger partial charge in [-0.1, -0.05) is 13.8 Å². The number of aryl methyl sites for hydroxylation is 3. The van der Waals surface area contributed by atoms with Gasteiger partial charge in [0.2, 0.25) is 0 Å². The van der Waals surface area contributed by atoms with E-state index in [0.717, 1.165) is 29.6 Å². The van der Waals surface area contributed by atoms with E-state index in [-0.39, 0.29) is 0 Å². The average molecular weight is 273 g/mol. The number of anilines is 1. The van der Waals surface area contributed by atoms with Gasteiger partial charge in [0.15, 0.2) is 0 Å². The Morgan fingerprint density at radius 2 is 1.90 bits per heavy atom. The first-order chi connectivity index (χ1) is 9.38. The molecule has 0 aromatic carbocycles. The summed E-state index contributed by atoms with van der Waals surface area (Å²) in [7, 11) is 1.97.